The second-order valence-electron chi connectivity index (χ2n) is 4.85. The van der Waals surface area contributed by atoms with Crippen molar-refractivity contribution in [1.82, 2.24) is 5.32 Å². The molecule has 1 aliphatic carbocycles. The van der Waals surface area contributed by atoms with Gasteiger partial charge in [0.2, 0.25) is 0 Å². The average Bonchev–Trinajstić information content (AvgIpc) is 2.47. The molecule has 84 valence electrons. The summed E-state index contributed by atoms with van der Waals surface area (Å²) in [7, 11) is 1.83. The first kappa shape index (κ1) is 11.1. The minimum atomic E-state index is -0.457. The fraction of sp³-hybridized carbons (Fsp3) is 0.462. The van der Waals surface area contributed by atoms with Gasteiger partial charge in [0.25, 0.3) is 0 Å². The highest BCUT2D eigenvalue weighted by atomic mass is 16.3. The Hall–Kier alpha value is -1.37. The van der Waals surface area contributed by atoms with E-state index in [1.807, 2.05) is 39.1 Å². The van der Waals surface area contributed by atoms with Crippen molar-refractivity contribution in [3.8, 4) is 6.07 Å². The molecule has 1 aromatic rings. The molecule has 0 fully saturated rings. The first-order chi connectivity index (χ1) is 7.52. The molecule has 0 bridgehead atoms. The molecule has 0 heterocycles. The lowest BCUT2D eigenvalue weighted by molar-refractivity contribution is 0.0819. The summed E-state index contributed by atoms with van der Waals surface area (Å²) in [5.74, 6) is 0. The van der Waals surface area contributed by atoms with Gasteiger partial charge in [-0.15, -0.1) is 0 Å². The van der Waals surface area contributed by atoms with Crippen LogP contribution in [-0.2, 0) is 5.41 Å². The first-order valence-electron chi connectivity index (χ1n) is 5.42. The van der Waals surface area contributed by atoms with Crippen LogP contribution in [0.2, 0.25) is 0 Å². The summed E-state index contributed by atoms with van der Waals surface area (Å²) < 4.78 is 0. The number of nitrogens with zero attached hydrogens (tertiary/aromatic N) is 1. The van der Waals surface area contributed by atoms with Crippen molar-refractivity contribution in [3.05, 3.63) is 34.9 Å². The number of rotatable bonds is 1. The summed E-state index contributed by atoms with van der Waals surface area (Å²) in [5, 5.41) is 22.3. The lowest BCUT2D eigenvalue weighted by atomic mass is 9.84. The third kappa shape index (κ3) is 1.35. The molecule has 2 rings (SSSR count). The van der Waals surface area contributed by atoms with Crippen molar-refractivity contribution in [2.24, 2.45) is 0 Å². The van der Waals surface area contributed by atoms with Crippen LogP contribution in [-0.4, -0.2) is 18.3 Å². The molecule has 0 amide bonds. The number of likely N-dealkylation sites (N-methyl/N-ethyl adjacent to an activating group) is 1. The standard InChI is InChI=1S/C13H16N2O/c1-13(2)10-5-4-8(7-14)6-9(10)11(15-3)12(13)16/h4-6,11-12,15-16H,1-3H3/t11-,12+/m1/s1. The summed E-state index contributed by atoms with van der Waals surface area (Å²) >= 11 is 0. The molecule has 0 saturated heterocycles. The van der Waals surface area contributed by atoms with Crippen LogP contribution < -0.4 is 5.32 Å². The molecule has 1 aliphatic rings. The van der Waals surface area contributed by atoms with Gasteiger partial charge in [-0.3, -0.25) is 0 Å². The van der Waals surface area contributed by atoms with Crippen LogP contribution in [0, 0.1) is 11.3 Å². The van der Waals surface area contributed by atoms with Gasteiger partial charge in [0.1, 0.15) is 0 Å². The zero-order valence-electron chi connectivity index (χ0n) is 9.78. The highest BCUT2D eigenvalue weighted by molar-refractivity contribution is 5.48. The van der Waals surface area contributed by atoms with E-state index in [-0.39, 0.29) is 11.5 Å². The van der Waals surface area contributed by atoms with Crippen LogP contribution in [0.15, 0.2) is 18.2 Å². The third-order valence-corrected chi connectivity index (χ3v) is 3.58. The molecule has 0 radical (unpaired) electrons. The molecule has 0 aliphatic heterocycles. The zero-order chi connectivity index (χ0) is 11.9. The van der Waals surface area contributed by atoms with Crippen molar-refractivity contribution in [1.29, 1.82) is 5.26 Å². The molecule has 0 aromatic heterocycles. The maximum Gasteiger partial charge on any atom is 0.0991 e. The largest absolute Gasteiger partial charge is 0.390 e. The van der Waals surface area contributed by atoms with E-state index in [9.17, 15) is 5.11 Å². The number of aliphatic hydroxyl groups excluding tert-OH is 1. The fourth-order valence-corrected chi connectivity index (χ4v) is 2.54. The summed E-state index contributed by atoms with van der Waals surface area (Å²) in [4.78, 5) is 0. The van der Waals surface area contributed by atoms with E-state index in [2.05, 4.69) is 11.4 Å². The fourth-order valence-electron chi connectivity index (χ4n) is 2.54. The number of nitrogens with one attached hydrogen (secondary N) is 1. The summed E-state index contributed by atoms with van der Waals surface area (Å²) in [6, 6.07) is 7.68. The molecule has 3 heteroatoms. The predicted octanol–water partition coefficient (Wildman–Crippen LogP) is 1.47. The summed E-state index contributed by atoms with van der Waals surface area (Å²) in [6.07, 6.45) is -0.457. The van der Waals surface area contributed by atoms with Gasteiger partial charge in [-0.05, 0) is 30.3 Å². The van der Waals surface area contributed by atoms with Crippen LogP contribution in [0.1, 0.15) is 36.6 Å². The van der Waals surface area contributed by atoms with E-state index in [0.717, 1.165) is 11.1 Å². The van der Waals surface area contributed by atoms with E-state index >= 15 is 0 Å². The number of hydrogen-bond acceptors (Lipinski definition) is 3. The van der Waals surface area contributed by atoms with Gasteiger partial charge in [-0.25, -0.2) is 0 Å². The smallest absolute Gasteiger partial charge is 0.0991 e. The van der Waals surface area contributed by atoms with Crippen molar-refractivity contribution in [3.63, 3.8) is 0 Å². The molecular formula is C13H16N2O. The van der Waals surface area contributed by atoms with Gasteiger partial charge in [0.15, 0.2) is 0 Å². The second-order valence-corrected chi connectivity index (χ2v) is 4.85. The summed E-state index contributed by atoms with van der Waals surface area (Å²) in [5.41, 5.74) is 2.54. The van der Waals surface area contributed by atoms with Gasteiger partial charge in [0, 0.05) is 5.41 Å². The van der Waals surface area contributed by atoms with Crippen LogP contribution >= 0.6 is 0 Å². The maximum absolute atomic E-state index is 10.3. The minimum Gasteiger partial charge on any atom is -0.390 e. The topological polar surface area (TPSA) is 56.0 Å². The van der Waals surface area contributed by atoms with Gasteiger partial charge in [-0.2, -0.15) is 5.26 Å². The summed E-state index contributed by atoms with van der Waals surface area (Å²) in [6.45, 7) is 4.06. The third-order valence-electron chi connectivity index (χ3n) is 3.58. The van der Waals surface area contributed by atoms with Crippen LogP contribution in [0.5, 0.6) is 0 Å². The number of benzene rings is 1. The Kier molecular flexibility index (Phi) is 2.49. The molecule has 2 N–H and O–H groups in total. The predicted molar refractivity (Wildman–Crippen MR) is 62.0 cm³/mol. The number of nitriles is 1. The highest BCUT2D eigenvalue weighted by Gasteiger charge is 2.44. The van der Waals surface area contributed by atoms with Crippen LogP contribution in [0.3, 0.4) is 0 Å². The van der Waals surface area contributed by atoms with Gasteiger partial charge >= 0.3 is 0 Å². The minimum absolute atomic E-state index is 0.0849. The molecular weight excluding hydrogens is 200 g/mol. The monoisotopic (exact) mass is 216 g/mol. The van der Waals surface area contributed by atoms with E-state index in [4.69, 9.17) is 5.26 Å². The zero-order valence-corrected chi connectivity index (χ0v) is 9.78. The SMILES string of the molecule is CN[C@@H]1c2cc(C#N)ccc2C(C)(C)[C@H]1O. The normalized spacial score (nSPS) is 26.2. The van der Waals surface area contributed by atoms with E-state index in [1.54, 1.807) is 0 Å². The number of fused-ring (bicyclic) bond motifs is 1. The van der Waals surface area contributed by atoms with Crippen molar-refractivity contribution >= 4 is 0 Å². The molecule has 2 atom stereocenters. The molecule has 0 spiro atoms. The lowest BCUT2D eigenvalue weighted by Crippen LogP contribution is -2.35. The maximum atomic E-state index is 10.3. The van der Waals surface area contributed by atoms with Gasteiger partial charge in [-0.1, -0.05) is 19.9 Å². The van der Waals surface area contributed by atoms with E-state index < -0.39 is 6.10 Å². The Bertz CT molecular complexity index is 459. The van der Waals surface area contributed by atoms with Crippen LogP contribution in [0.25, 0.3) is 0 Å². The Balaban J connectivity index is 2.61. The quantitative estimate of drug-likeness (QED) is 0.747. The van der Waals surface area contributed by atoms with Crippen molar-refractivity contribution < 1.29 is 5.11 Å². The van der Waals surface area contributed by atoms with Gasteiger partial charge in [0.05, 0.1) is 23.8 Å². The average molecular weight is 216 g/mol. The molecule has 3 nitrogen and oxygen atoms in total. The molecule has 0 saturated carbocycles. The Morgan fingerprint density at radius 3 is 2.69 bits per heavy atom. The Labute approximate surface area is 95.7 Å². The Morgan fingerprint density at radius 1 is 1.44 bits per heavy atom. The molecule has 0 unspecified atom stereocenters. The highest BCUT2D eigenvalue weighted by Crippen LogP contribution is 2.44. The Morgan fingerprint density at radius 2 is 2.12 bits per heavy atom. The number of aliphatic hydroxyl groups is 1. The number of hydrogen-bond donors (Lipinski definition) is 2. The first-order valence-corrected chi connectivity index (χ1v) is 5.42. The van der Waals surface area contributed by atoms with E-state index in [0.29, 0.717) is 5.56 Å². The molecule has 1 aromatic carbocycles. The van der Waals surface area contributed by atoms with Gasteiger partial charge < -0.3 is 10.4 Å². The lowest BCUT2D eigenvalue weighted by Gasteiger charge is -2.26. The van der Waals surface area contributed by atoms with Crippen molar-refractivity contribution in [2.45, 2.75) is 31.4 Å². The van der Waals surface area contributed by atoms with E-state index in [1.165, 1.54) is 0 Å². The van der Waals surface area contributed by atoms with Crippen molar-refractivity contribution in [2.75, 3.05) is 7.05 Å². The van der Waals surface area contributed by atoms with Crippen LogP contribution in [0.4, 0.5) is 0 Å². The molecule has 16 heavy (non-hydrogen) atoms. The second kappa shape index (κ2) is 3.58.